The van der Waals surface area contributed by atoms with Crippen LogP contribution < -0.4 is 10.6 Å². The summed E-state index contributed by atoms with van der Waals surface area (Å²) in [6.07, 6.45) is -0.338. The number of benzene rings is 1. The van der Waals surface area contributed by atoms with Crippen LogP contribution in [0.25, 0.3) is 0 Å². The maximum atomic E-state index is 14.7. The number of nitrogens with one attached hydrogen (secondary N) is 1. The third kappa shape index (κ3) is 4.92. The van der Waals surface area contributed by atoms with E-state index in [1.54, 1.807) is 24.0 Å². The van der Waals surface area contributed by atoms with Gasteiger partial charge < -0.3 is 15.4 Å². The van der Waals surface area contributed by atoms with Crippen LogP contribution in [-0.4, -0.2) is 56.5 Å². The minimum Gasteiger partial charge on any atom is -0.460 e. The number of piperazine rings is 1. The Morgan fingerprint density at radius 2 is 1.96 bits per heavy atom. The Kier molecular flexibility index (Phi) is 6.54. The Labute approximate surface area is 152 Å². The molecule has 0 spiro atoms. The molecule has 10 heteroatoms. The van der Waals surface area contributed by atoms with Crippen molar-refractivity contribution in [1.82, 2.24) is 4.31 Å². The van der Waals surface area contributed by atoms with E-state index >= 15 is 0 Å². The number of hydrogen-bond donors (Lipinski definition) is 2. The van der Waals surface area contributed by atoms with Gasteiger partial charge in [0.05, 0.1) is 11.4 Å². The van der Waals surface area contributed by atoms with Crippen molar-refractivity contribution in [2.24, 2.45) is 5.73 Å². The number of anilines is 1. The number of hydrogen-bond acceptors (Lipinski definition) is 6. The lowest BCUT2D eigenvalue weighted by molar-refractivity contribution is -0.143. The summed E-state index contributed by atoms with van der Waals surface area (Å²) in [6, 6.07) is 4.78. The molecule has 3 N–H and O–H groups in total. The van der Waals surface area contributed by atoms with Gasteiger partial charge in [-0.1, -0.05) is 12.1 Å². The quantitative estimate of drug-likeness (QED) is 0.404. The number of halogens is 1. The first-order chi connectivity index (χ1) is 12.2. The number of esters is 1. The first-order valence-corrected chi connectivity index (χ1v) is 9.84. The van der Waals surface area contributed by atoms with Crippen molar-refractivity contribution in [2.75, 3.05) is 36.8 Å². The molecule has 26 heavy (non-hydrogen) atoms. The molecule has 1 heterocycles. The highest BCUT2D eigenvalue weighted by Gasteiger charge is 2.27. The van der Waals surface area contributed by atoms with Gasteiger partial charge in [-0.2, -0.15) is 4.31 Å². The smallest absolute Gasteiger partial charge is 0.313 e. The van der Waals surface area contributed by atoms with Crippen molar-refractivity contribution < 1.29 is 22.3 Å². The van der Waals surface area contributed by atoms with Crippen molar-refractivity contribution in [2.45, 2.75) is 20.0 Å². The molecule has 0 unspecified atom stereocenters. The monoisotopic (exact) mass is 386 g/mol. The average Bonchev–Trinajstić information content (AvgIpc) is 2.60. The number of nitrogens with two attached hydrogens (primary N) is 1. The minimum absolute atomic E-state index is 0.0441. The second-order valence-corrected chi connectivity index (χ2v) is 8.16. The van der Waals surface area contributed by atoms with Crippen LogP contribution in [0.2, 0.25) is 0 Å². The van der Waals surface area contributed by atoms with E-state index in [0.29, 0.717) is 31.9 Å². The fourth-order valence-corrected chi connectivity index (χ4v) is 3.76. The van der Waals surface area contributed by atoms with Gasteiger partial charge in [-0.25, -0.2) is 12.8 Å². The van der Waals surface area contributed by atoms with Gasteiger partial charge in [0.25, 0.3) is 0 Å². The predicted molar refractivity (Wildman–Crippen MR) is 96.0 cm³/mol. The van der Waals surface area contributed by atoms with Crippen molar-refractivity contribution in [3.05, 3.63) is 29.6 Å². The molecule has 1 aliphatic heterocycles. The summed E-state index contributed by atoms with van der Waals surface area (Å²) < 4.78 is 44.9. The van der Waals surface area contributed by atoms with Crippen molar-refractivity contribution in [3.63, 3.8) is 0 Å². The lowest BCUT2D eigenvalue weighted by atomic mass is 10.1. The number of rotatable bonds is 7. The van der Waals surface area contributed by atoms with Crippen LogP contribution in [0, 0.1) is 11.2 Å². The van der Waals surface area contributed by atoms with Crippen LogP contribution in [0.5, 0.6) is 0 Å². The largest absolute Gasteiger partial charge is 0.460 e. The van der Waals surface area contributed by atoms with Gasteiger partial charge in [-0.15, -0.1) is 0 Å². The number of carbonyl (C=O) groups excluding carboxylic acids is 1. The normalized spacial score (nSPS) is 15.7. The topological polar surface area (TPSA) is 117 Å². The van der Waals surface area contributed by atoms with Crippen molar-refractivity contribution >= 4 is 27.5 Å². The summed E-state index contributed by atoms with van der Waals surface area (Å²) in [6.45, 7) is 2.70. The lowest BCUT2D eigenvalue weighted by Gasteiger charge is -2.35. The lowest BCUT2D eigenvalue weighted by Crippen LogP contribution is -2.49. The summed E-state index contributed by atoms with van der Waals surface area (Å²) in [5, 5.41) is 7.04. The van der Waals surface area contributed by atoms with Gasteiger partial charge in [0.15, 0.2) is 5.82 Å². The number of carbonyl (C=O) groups is 1. The van der Waals surface area contributed by atoms with Gasteiger partial charge in [0, 0.05) is 31.7 Å². The second-order valence-electron chi connectivity index (χ2n) is 5.90. The molecule has 0 atom stereocenters. The number of nitrogens with zero attached hydrogens (tertiary/aromatic N) is 2. The number of sulfonamides is 1. The zero-order valence-corrected chi connectivity index (χ0v) is 15.4. The molecule has 1 saturated heterocycles. The molecule has 2 rings (SSSR count). The molecule has 0 aliphatic carbocycles. The molecular weight excluding hydrogens is 363 g/mol. The van der Waals surface area contributed by atoms with E-state index in [1.807, 2.05) is 0 Å². The summed E-state index contributed by atoms with van der Waals surface area (Å²) in [5.74, 6) is -1.47. The van der Waals surface area contributed by atoms with Gasteiger partial charge in [-0.05, 0) is 13.0 Å². The van der Waals surface area contributed by atoms with Gasteiger partial charge in [-0.3, -0.25) is 10.2 Å². The second kappa shape index (κ2) is 8.45. The third-order valence-corrected chi connectivity index (χ3v) is 6.00. The van der Waals surface area contributed by atoms with Crippen molar-refractivity contribution in [3.8, 4) is 0 Å². The van der Waals surface area contributed by atoms with Crippen LogP contribution in [0.3, 0.4) is 0 Å². The molecule has 1 aromatic carbocycles. The fourth-order valence-electron chi connectivity index (χ4n) is 2.68. The van der Waals surface area contributed by atoms with E-state index in [1.165, 1.54) is 10.4 Å². The van der Waals surface area contributed by atoms with E-state index < -0.39 is 21.8 Å². The third-order valence-electron chi connectivity index (χ3n) is 4.12. The molecular formula is C16H23FN4O4S. The van der Waals surface area contributed by atoms with E-state index in [2.05, 4.69) is 0 Å². The molecule has 0 amide bonds. The van der Waals surface area contributed by atoms with E-state index in [9.17, 15) is 17.6 Å². The molecule has 8 nitrogen and oxygen atoms in total. The minimum atomic E-state index is -3.25. The van der Waals surface area contributed by atoms with E-state index in [4.69, 9.17) is 15.9 Å². The molecule has 0 bridgehead atoms. The Hall–Kier alpha value is -2.20. The SMILES string of the molecule is CCS(=O)(=O)N1CCN(c2cccc(COC(=O)CC(=N)N)c2F)CC1. The van der Waals surface area contributed by atoms with Gasteiger partial charge in [0.1, 0.15) is 18.9 Å². The molecule has 0 aromatic heterocycles. The molecule has 0 saturated carbocycles. The predicted octanol–water partition coefficient (Wildman–Crippen LogP) is 0.667. The molecule has 0 radical (unpaired) electrons. The molecule has 1 aromatic rings. The van der Waals surface area contributed by atoms with Crippen LogP contribution in [0.4, 0.5) is 10.1 Å². The standard InChI is InChI=1S/C16H23FN4O4S/c1-2-26(23,24)21-8-6-20(7-9-21)13-5-3-4-12(16(13)17)11-25-15(22)10-14(18)19/h3-5H,2,6-11H2,1H3,(H3,18,19). The summed E-state index contributed by atoms with van der Waals surface area (Å²) in [5.41, 5.74) is 5.68. The zero-order chi connectivity index (χ0) is 19.3. The first-order valence-electron chi connectivity index (χ1n) is 8.23. The highest BCUT2D eigenvalue weighted by molar-refractivity contribution is 7.89. The van der Waals surface area contributed by atoms with Crippen LogP contribution in [-0.2, 0) is 26.2 Å². The summed E-state index contributed by atoms with van der Waals surface area (Å²) in [7, 11) is -3.25. The van der Waals surface area contributed by atoms with Crippen LogP contribution in [0.15, 0.2) is 18.2 Å². The Bertz CT molecular complexity index is 776. The Morgan fingerprint density at radius 1 is 1.31 bits per heavy atom. The van der Waals surface area contributed by atoms with Crippen LogP contribution in [0.1, 0.15) is 18.9 Å². The Morgan fingerprint density at radius 3 is 2.54 bits per heavy atom. The highest BCUT2D eigenvalue weighted by Crippen LogP contribution is 2.24. The first kappa shape index (κ1) is 20.1. The maximum Gasteiger partial charge on any atom is 0.313 e. The molecule has 1 aliphatic rings. The zero-order valence-electron chi connectivity index (χ0n) is 14.6. The Balaban J connectivity index is 2.03. The van der Waals surface area contributed by atoms with Crippen LogP contribution >= 0.6 is 0 Å². The molecule has 1 fully saturated rings. The van der Waals surface area contributed by atoms with Gasteiger partial charge >= 0.3 is 5.97 Å². The molecule has 144 valence electrons. The van der Waals surface area contributed by atoms with Crippen molar-refractivity contribution in [1.29, 1.82) is 5.41 Å². The summed E-state index contributed by atoms with van der Waals surface area (Å²) >= 11 is 0. The number of amidine groups is 1. The average molecular weight is 386 g/mol. The highest BCUT2D eigenvalue weighted by atomic mass is 32.2. The number of ether oxygens (including phenoxy) is 1. The van der Waals surface area contributed by atoms with Gasteiger partial charge in [0.2, 0.25) is 10.0 Å². The van der Waals surface area contributed by atoms with E-state index in [0.717, 1.165) is 0 Å². The fraction of sp³-hybridized carbons (Fsp3) is 0.500. The summed E-state index contributed by atoms with van der Waals surface area (Å²) in [4.78, 5) is 13.2. The van der Waals surface area contributed by atoms with E-state index in [-0.39, 0.29) is 30.2 Å². The maximum absolute atomic E-state index is 14.7.